The monoisotopic (exact) mass is 419 g/mol. The van der Waals surface area contributed by atoms with Crippen LogP contribution < -0.4 is 27.8 Å². The van der Waals surface area contributed by atoms with Gasteiger partial charge in [0.25, 0.3) is 0 Å². The van der Waals surface area contributed by atoms with Crippen molar-refractivity contribution in [2.24, 2.45) is 5.92 Å². The first-order chi connectivity index (χ1) is 12.9. The number of carbonyl (C=O) groups excluding carboxylic acids is 2. The van der Waals surface area contributed by atoms with Crippen LogP contribution in [-0.4, -0.2) is 24.5 Å². The van der Waals surface area contributed by atoms with E-state index < -0.39 is 24.4 Å². The van der Waals surface area contributed by atoms with Gasteiger partial charge >= 0.3 is 0 Å². The highest BCUT2D eigenvalue weighted by atomic mass is 16.4. The lowest BCUT2D eigenvalue weighted by molar-refractivity contribution is -0.317. The molecule has 7 heteroatoms. The Morgan fingerprint density at radius 2 is 1.07 bits per heavy atom. The van der Waals surface area contributed by atoms with Crippen molar-refractivity contribution >= 4 is 11.9 Å². The van der Waals surface area contributed by atoms with Gasteiger partial charge in [0.15, 0.2) is 0 Å². The van der Waals surface area contributed by atoms with Crippen LogP contribution >= 0.6 is 0 Å². The number of quaternary nitrogens is 2. The van der Waals surface area contributed by atoms with E-state index in [0.29, 0.717) is 6.54 Å². The molecule has 0 saturated carbocycles. The first-order valence-corrected chi connectivity index (χ1v) is 11.1. The maximum atomic E-state index is 10.8. The van der Waals surface area contributed by atoms with Crippen LogP contribution in [0.5, 0.6) is 0 Å². The summed E-state index contributed by atoms with van der Waals surface area (Å²) in [5.74, 6) is -1.91. The summed E-state index contributed by atoms with van der Waals surface area (Å²) in [6, 6.07) is -1.15. The molecular weight excluding hydrogens is 370 g/mol. The number of carboxylic acids is 2. The van der Waals surface area contributed by atoms with E-state index in [4.69, 9.17) is 0 Å². The van der Waals surface area contributed by atoms with E-state index >= 15 is 0 Å². The van der Waals surface area contributed by atoms with Gasteiger partial charge in [0.2, 0.25) is 0 Å². The van der Waals surface area contributed by atoms with Crippen LogP contribution in [0.1, 0.15) is 110 Å². The minimum absolute atomic E-state index is 0. The molecule has 0 radical (unpaired) electrons. The number of unbranched alkanes of at least 4 members (excludes halogenated alkanes) is 12. The highest BCUT2D eigenvalue weighted by molar-refractivity contribution is 5.78. The van der Waals surface area contributed by atoms with Crippen molar-refractivity contribution in [2.45, 2.75) is 116 Å². The molecule has 0 aliphatic rings. The van der Waals surface area contributed by atoms with Crippen molar-refractivity contribution in [3.05, 3.63) is 0 Å². The molecule has 7 nitrogen and oxygen atoms in total. The van der Waals surface area contributed by atoms with E-state index in [0.717, 1.165) is 25.2 Å². The third-order valence-corrected chi connectivity index (χ3v) is 5.00. The molecule has 0 rings (SSSR count). The van der Waals surface area contributed by atoms with Gasteiger partial charge in [-0.05, 0) is 18.9 Å². The fourth-order valence-corrected chi connectivity index (χ4v) is 3.30. The molecule has 1 atom stereocenters. The lowest BCUT2D eigenvalue weighted by atomic mass is 10.0. The average Bonchev–Trinajstić information content (AvgIpc) is 2.59. The van der Waals surface area contributed by atoms with Gasteiger partial charge < -0.3 is 37.4 Å². The highest BCUT2D eigenvalue weighted by Gasteiger charge is 2.08. The van der Waals surface area contributed by atoms with E-state index in [9.17, 15) is 19.8 Å². The van der Waals surface area contributed by atoms with Crippen molar-refractivity contribution in [1.82, 2.24) is 17.6 Å². The molecule has 0 aliphatic carbocycles. The van der Waals surface area contributed by atoms with E-state index in [1.165, 1.54) is 70.6 Å². The SMILES string of the molecule is CC(C)CCCCCCCCCCCCCCCN[C@@H](CC(=O)[O-])C(=O)[O-].[NH4+].[NH4+]. The standard InChI is InChI=1S/C22H43NO4.2H3N/c1-19(2)16-14-12-10-8-6-4-3-5-7-9-11-13-15-17-23-20(22(26)27)18-21(24)25;;/h19-20,23H,3-18H2,1-2H3,(H,24,25)(H,26,27);2*1H3/t20-;;/m0../s1. The van der Waals surface area contributed by atoms with Gasteiger partial charge in [0.05, 0.1) is 12.0 Å². The molecule has 0 amide bonds. The van der Waals surface area contributed by atoms with Crippen LogP contribution in [0.15, 0.2) is 0 Å². The number of hydrogen-bond acceptors (Lipinski definition) is 5. The van der Waals surface area contributed by atoms with Crippen molar-refractivity contribution < 1.29 is 19.8 Å². The third-order valence-electron chi connectivity index (χ3n) is 5.00. The van der Waals surface area contributed by atoms with Crippen molar-refractivity contribution in [2.75, 3.05) is 6.54 Å². The zero-order valence-electron chi connectivity index (χ0n) is 19.6. The number of aliphatic carboxylic acids is 2. The minimum atomic E-state index is -1.38. The Bertz CT molecular complexity index is 379. The number of rotatable bonds is 20. The van der Waals surface area contributed by atoms with Crippen molar-refractivity contribution in [1.29, 1.82) is 0 Å². The highest BCUT2D eigenvalue weighted by Crippen LogP contribution is 2.14. The van der Waals surface area contributed by atoms with Gasteiger partial charge in [-0.25, -0.2) is 0 Å². The Morgan fingerprint density at radius 3 is 1.41 bits per heavy atom. The van der Waals surface area contributed by atoms with Crippen LogP contribution in [0.3, 0.4) is 0 Å². The van der Waals surface area contributed by atoms with Crippen LogP contribution in [0.2, 0.25) is 0 Å². The van der Waals surface area contributed by atoms with Gasteiger partial charge in [0.1, 0.15) is 0 Å². The molecule has 0 heterocycles. The second kappa shape index (κ2) is 23.1. The van der Waals surface area contributed by atoms with Crippen LogP contribution in [-0.2, 0) is 9.59 Å². The van der Waals surface area contributed by atoms with Crippen molar-refractivity contribution in [3.63, 3.8) is 0 Å². The normalized spacial score (nSPS) is 11.6. The second-order valence-corrected chi connectivity index (χ2v) is 8.18. The first kappa shape index (κ1) is 32.5. The summed E-state index contributed by atoms with van der Waals surface area (Å²) in [5, 5.41) is 23.9. The predicted octanol–water partition coefficient (Wildman–Crippen LogP) is 3.70. The summed E-state index contributed by atoms with van der Waals surface area (Å²) in [5.41, 5.74) is 0. The number of carboxylic acid groups (broad SMARTS) is 2. The Hall–Kier alpha value is -1.18. The third kappa shape index (κ3) is 24.8. The average molecular weight is 420 g/mol. The van der Waals surface area contributed by atoms with Gasteiger partial charge in [-0.1, -0.05) is 97.3 Å². The molecule has 29 heavy (non-hydrogen) atoms. The Morgan fingerprint density at radius 1 is 0.690 bits per heavy atom. The molecule has 0 aromatic heterocycles. The Balaban J connectivity index is -0.00000338. The number of nitrogens with one attached hydrogen (secondary N) is 1. The number of carbonyl (C=O) groups is 2. The summed E-state index contributed by atoms with van der Waals surface area (Å²) in [7, 11) is 0. The van der Waals surface area contributed by atoms with E-state index in [-0.39, 0.29) is 12.3 Å². The molecule has 0 bridgehead atoms. The summed E-state index contributed by atoms with van der Waals surface area (Å²) in [6.45, 7) is 5.09. The van der Waals surface area contributed by atoms with E-state index in [2.05, 4.69) is 19.2 Å². The molecule has 9 N–H and O–H groups in total. The summed E-state index contributed by atoms with van der Waals surface area (Å²) in [6.07, 6.45) is 17.3. The molecule has 0 spiro atoms. The topological polar surface area (TPSA) is 165 Å². The smallest absolute Gasteiger partial charge is 0.0588 e. The van der Waals surface area contributed by atoms with Gasteiger partial charge in [0, 0.05) is 12.4 Å². The molecule has 0 aromatic rings. The fourth-order valence-electron chi connectivity index (χ4n) is 3.30. The predicted molar refractivity (Wildman–Crippen MR) is 118 cm³/mol. The Labute approximate surface area is 178 Å². The van der Waals surface area contributed by atoms with Crippen LogP contribution in [0, 0.1) is 5.92 Å². The zero-order valence-corrected chi connectivity index (χ0v) is 19.6. The van der Waals surface area contributed by atoms with E-state index in [1.807, 2.05) is 0 Å². The molecular formula is C22H49N3O4. The largest absolute Gasteiger partial charge is 0.550 e. The zero-order chi connectivity index (χ0) is 20.3. The maximum absolute atomic E-state index is 10.8. The molecule has 0 aliphatic heterocycles. The lowest BCUT2D eigenvalue weighted by Gasteiger charge is -2.20. The van der Waals surface area contributed by atoms with Crippen molar-refractivity contribution in [3.8, 4) is 0 Å². The fraction of sp³-hybridized carbons (Fsp3) is 0.909. The number of hydrogen-bond donors (Lipinski definition) is 3. The van der Waals surface area contributed by atoms with Crippen LogP contribution in [0.4, 0.5) is 0 Å². The minimum Gasteiger partial charge on any atom is -0.550 e. The molecule has 0 unspecified atom stereocenters. The Kier molecular flexibility index (Phi) is 25.9. The molecule has 0 fully saturated rings. The van der Waals surface area contributed by atoms with Crippen LogP contribution in [0.25, 0.3) is 0 Å². The van der Waals surface area contributed by atoms with Gasteiger partial charge in [-0.3, -0.25) is 0 Å². The quantitative estimate of drug-likeness (QED) is 0.255. The van der Waals surface area contributed by atoms with Gasteiger partial charge in [-0.15, -0.1) is 0 Å². The lowest BCUT2D eigenvalue weighted by Crippen LogP contribution is -2.48. The molecule has 0 saturated heterocycles. The maximum Gasteiger partial charge on any atom is 0.0588 e. The summed E-state index contributed by atoms with van der Waals surface area (Å²) in [4.78, 5) is 21.2. The van der Waals surface area contributed by atoms with E-state index in [1.54, 1.807) is 0 Å². The molecule has 176 valence electrons. The first-order valence-electron chi connectivity index (χ1n) is 11.1. The van der Waals surface area contributed by atoms with Gasteiger partial charge in [-0.2, -0.15) is 0 Å². The molecule has 0 aromatic carbocycles. The summed E-state index contributed by atoms with van der Waals surface area (Å²) < 4.78 is 0. The second-order valence-electron chi connectivity index (χ2n) is 8.18. The summed E-state index contributed by atoms with van der Waals surface area (Å²) >= 11 is 0.